The molecular weight excluding hydrogens is 210 g/mol. The van der Waals surface area contributed by atoms with Crippen LogP contribution in [0.3, 0.4) is 0 Å². The van der Waals surface area contributed by atoms with Crippen LogP contribution in [0.5, 0.6) is 0 Å². The minimum absolute atomic E-state index is 0.324. The van der Waals surface area contributed by atoms with E-state index < -0.39 is 9.84 Å². The predicted octanol–water partition coefficient (Wildman–Crippen LogP) is 1.59. The largest absolute Gasteiger partial charge is 0.314 e. The maximum atomic E-state index is 11.0. The zero-order valence-electron chi connectivity index (χ0n) is 10.0. The van der Waals surface area contributed by atoms with Gasteiger partial charge in [0.2, 0.25) is 0 Å². The van der Waals surface area contributed by atoms with Crippen molar-refractivity contribution in [1.29, 1.82) is 0 Å². The second-order valence-electron chi connectivity index (χ2n) is 5.04. The van der Waals surface area contributed by atoms with Gasteiger partial charge in [-0.3, -0.25) is 0 Å². The highest BCUT2D eigenvalue weighted by atomic mass is 32.2. The van der Waals surface area contributed by atoms with Crippen LogP contribution in [0.2, 0.25) is 0 Å². The molecule has 0 amide bonds. The van der Waals surface area contributed by atoms with Crippen LogP contribution >= 0.6 is 0 Å². The van der Waals surface area contributed by atoms with E-state index in [9.17, 15) is 8.42 Å². The van der Waals surface area contributed by atoms with Gasteiger partial charge in [0.15, 0.2) is 0 Å². The van der Waals surface area contributed by atoms with Crippen molar-refractivity contribution < 1.29 is 8.42 Å². The summed E-state index contributed by atoms with van der Waals surface area (Å²) in [6, 6.07) is 0.504. The molecule has 1 atom stereocenters. The van der Waals surface area contributed by atoms with E-state index in [2.05, 4.69) is 19.2 Å². The summed E-state index contributed by atoms with van der Waals surface area (Å²) in [4.78, 5) is 0. The van der Waals surface area contributed by atoms with Crippen molar-refractivity contribution in [2.75, 3.05) is 18.6 Å². The lowest BCUT2D eigenvalue weighted by molar-refractivity contribution is 0.341. The number of sulfone groups is 1. The predicted molar refractivity (Wildman–Crippen MR) is 63.8 cm³/mol. The Morgan fingerprint density at radius 1 is 1.40 bits per heavy atom. The lowest BCUT2D eigenvalue weighted by atomic mass is 9.95. The van der Waals surface area contributed by atoms with Gasteiger partial charge < -0.3 is 5.32 Å². The molecule has 15 heavy (non-hydrogen) atoms. The third-order valence-electron chi connectivity index (χ3n) is 3.34. The molecule has 90 valence electrons. The molecule has 0 radical (unpaired) electrons. The lowest BCUT2D eigenvalue weighted by Crippen LogP contribution is -2.36. The van der Waals surface area contributed by atoms with Crippen molar-refractivity contribution in [2.24, 2.45) is 5.41 Å². The third-order valence-corrected chi connectivity index (χ3v) is 4.37. The minimum atomic E-state index is -2.79. The summed E-state index contributed by atoms with van der Waals surface area (Å²) in [5.41, 5.74) is 0.438. The van der Waals surface area contributed by atoms with Gasteiger partial charge in [0.05, 0.1) is 0 Å². The van der Waals surface area contributed by atoms with Gasteiger partial charge in [0.25, 0.3) is 0 Å². The molecule has 0 saturated heterocycles. The van der Waals surface area contributed by atoms with Gasteiger partial charge in [0, 0.05) is 18.1 Å². The van der Waals surface area contributed by atoms with Crippen molar-refractivity contribution in [3.05, 3.63) is 0 Å². The van der Waals surface area contributed by atoms with Gasteiger partial charge in [0.1, 0.15) is 9.84 Å². The highest BCUT2D eigenvalue weighted by Gasteiger charge is 2.43. The van der Waals surface area contributed by atoms with Crippen molar-refractivity contribution >= 4 is 9.84 Å². The average Bonchev–Trinajstić information content (AvgIpc) is 2.81. The van der Waals surface area contributed by atoms with E-state index in [0.29, 0.717) is 17.2 Å². The van der Waals surface area contributed by atoms with E-state index in [1.807, 2.05) is 0 Å². The van der Waals surface area contributed by atoms with E-state index in [4.69, 9.17) is 0 Å². The van der Waals surface area contributed by atoms with Gasteiger partial charge in [-0.15, -0.1) is 0 Å². The zero-order chi connectivity index (χ0) is 11.5. The fourth-order valence-electron chi connectivity index (χ4n) is 2.04. The van der Waals surface area contributed by atoms with Gasteiger partial charge in [-0.25, -0.2) is 8.42 Å². The van der Waals surface area contributed by atoms with Crippen LogP contribution in [0, 0.1) is 5.41 Å². The first-order valence-corrected chi connectivity index (χ1v) is 7.84. The van der Waals surface area contributed by atoms with E-state index in [0.717, 1.165) is 19.4 Å². The molecule has 1 saturated carbocycles. The van der Waals surface area contributed by atoms with Crippen molar-refractivity contribution in [3.63, 3.8) is 0 Å². The smallest absolute Gasteiger partial charge is 0.147 e. The monoisotopic (exact) mass is 233 g/mol. The Bertz CT molecular complexity index is 294. The van der Waals surface area contributed by atoms with E-state index >= 15 is 0 Å². The van der Waals surface area contributed by atoms with Crippen LogP contribution in [0.4, 0.5) is 0 Å². The second-order valence-corrected chi connectivity index (χ2v) is 7.30. The Balaban J connectivity index is 2.33. The van der Waals surface area contributed by atoms with Crippen LogP contribution in [0.1, 0.15) is 39.5 Å². The highest BCUT2D eigenvalue weighted by Crippen LogP contribution is 2.49. The molecule has 4 heteroatoms. The molecule has 1 aliphatic rings. The molecule has 3 nitrogen and oxygen atoms in total. The molecule has 1 aliphatic carbocycles. The Kier molecular flexibility index (Phi) is 4.18. The first-order valence-electron chi connectivity index (χ1n) is 5.78. The van der Waals surface area contributed by atoms with Crippen LogP contribution < -0.4 is 5.32 Å². The number of hydrogen-bond acceptors (Lipinski definition) is 3. The molecule has 1 N–H and O–H groups in total. The third kappa shape index (κ3) is 4.51. The van der Waals surface area contributed by atoms with Gasteiger partial charge in [-0.1, -0.05) is 13.8 Å². The standard InChI is InChI=1S/C11H23NO2S/c1-4-12-10(11(2)7-8-11)6-5-9-15(3,13)14/h10,12H,4-9H2,1-3H3. The Labute approximate surface area is 93.6 Å². The quantitative estimate of drug-likeness (QED) is 0.726. The molecule has 0 aromatic carbocycles. The van der Waals surface area contributed by atoms with E-state index in [-0.39, 0.29) is 0 Å². The molecule has 0 aromatic rings. The van der Waals surface area contributed by atoms with Crippen LogP contribution in [-0.4, -0.2) is 33.0 Å². The molecule has 1 fully saturated rings. The fraction of sp³-hybridized carbons (Fsp3) is 1.00. The van der Waals surface area contributed by atoms with E-state index in [1.54, 1.807) is 0 Å². The molecule has 0 spiro atoms. The van der Waals surface area contributed by atoms with Crippen molar-refractivity contribution in [1.82, 2.24) is 5.32 Å². The number of nitrogens with one attached hydrogen (secondary N) is 1. The summed E-state index contributed by atoms with van der Waals surface area (Å²) in [6.45, 7) is 5.37. The normalized spacial score (nSPS) is 21.3. The van der Waals surface area contributed by atoms with Crippen LogP contribution in [0.25, 0.3) is 0 Å². The Hall–Kier alpha value is -0.0900. The van der Waals surface area contributed by atoms with Gasteiger partial charge in [-0.2, -0.15) is 0 Å². The maximum absolute atomic E-state index is 11.0. The lowest BCUT2D eigenvalue weighted by Gasteiger charge is -2.24. The molecule has 0 bridgehead atoms. The number of rotatable bonds is 7. The SMILES string of the molecule is CCNC(CCCS(C)(=O)=O)C1(C)CC1. The zero-order valence-corrected chi connectivity index (χ0v) is 10.9. The topological polar surface area (TPSA) is 46.2 Å². The molecule has 1 unspecified atom stereocenters. The molecular formula is C11H23NO2S. The Morgan fingerprint density at radius 3 is 2.40 bits per heavy atom. The highest BCUT2D eigenvalue weighted by molar-refractivity contribution is 7.90. The summed E-state index contributed by atoms with van der Waals surface area (Å²) < 4.78 is 22.0. The molecule has 0 heterocycles. The average molecular weight is 233 g/mol. The van der Waals surface area contributed by atoms with Gasteiger partial charge in [-0.05, 0) is 37.6 Å². The van der Waals surface area contributed by atoms with E-state index in [1.165, 1.54) is 19.1 Å². The summed E-state index contributed by atoms with van der Waals surface area (Å²) in [7, 11) is -2.79. The summed E-state index contributed by atoms with van der Waals surface area (Å²) in [6.07, 6.45) is 5.64. The maximum Gasteiger partial charge on any atom is 0.147 e. The summed E-state index contributed by atoms with van der Waals surface area (Å²) in [5.74, 6) is 0.324. The molecule has 0 aliphatic heterocycles. The number of hydrogen-bond donors (Lipinski definition) is 1. The minimum Gasteiger partial charge on any atom is -0.314 e. The second kappa shape index (κ2) is 4.83. The van der Waals surface area contributed by atoms with Crippen molar-refractivity contribution in [3.8, 4) is 0 Å². The molecule has 0 aromatic heterocycles. The summed E-state index contributed by atoms with van der Waals surface area (Å²) >= 11 is 0. The Morgan fingerprint density at radius 2 is 2.00 bits per heavy atom. The van der Waals surface area contributed by atoms with Crippen LogP contribution in [0.15, 0.2) is 0 Å². The van der Waals surface area contributed by atoms with Crippen LogP contribution in [-0.2, 0) is 9.84 Å². The summed E-state index contributed by atoms with van der Waals surface area (Å²) in [5, 5.41) is 3.48. The van der Waals surface area contributed by atoms with Crippen molar-refractivity contribution in [2.45, 2.75) is 45.6 Å². The molecule has 1 rings (SSSR count). The first kappa shape index (κ1) is 13.0. The fourth-order valence-corrected chi connectivity index (χ4v) is 2.73. The first-order chi connectivity index (χ1) is 6.87. The van der Waals surface area contributed by atoms with Gasteiger partial charge >= 0.3 is 0 Å².